The van der Waals surface area contributed by atoms with Crippen LogP contribution in [0.4, 0.5) is 0 Å². The topological polar surface area (TPSA) is 35.2 Å². The van der Waals surface area contributed by atoms with Gasteiger partial charge in [-0.1, -0.05) is 36.2 Å². The van der Waals surface area contributed by atoms with Crippen LogP contribution in [-0.2, 0) is 6.42 Å². The van der Waals surface area contributed by atoms with E-state index < -0.39 is 0 Å². The summed E-state index contributed by atoms with van der Waals surface area (Å²) in [6.45, 7) is 4.41. The molecule has 1 atom stereocenters. The maximum Gasteiger partial charge on any atom is 0.138 e. The lowest BCUT2D eigenvalue weighted by Gasteiger charge is -2.12. The lowest BCUT2D eigenvalue weighted by atomic mass is 10.0. The number of ether oxygens (including phenoxy) is 1. The van der Waals surface area contributed by atoms with Crippen LogP contribution < -0.4 is 10.5 Å². The molecule has 0 saturated heterocycles. The van der Waals surface area contributed by atoms with Gasteiger partial charge in [0.25, 0.3) is 0 Å². The Morgan fingerprint density at radius 1 is 1.50 bits per heavy atom. The fraction of sp³-hybridized carbons (Fsp3) is 0.429. The highest BCUT2D eigenvalue weighted by Crippen LogP contribution is 2.26. The van der Waals surface area contributed by atoms with Gasteiger partial charge in [0.1, 0.15) is 12.4 Å². The van der Waals surface area contributed by atoms with Crippen LogP contribution in [-0.4, -0.2) is 12.6 Å². The first-order valence-corrected chi connectivity index (χ1v) is 6.81. The van der Waals surface area contributed by atoms with Crippen molar-refractivity contribution >= 4 is 23.2 Å². The van der Waals surface area contributed by atoms with Crippen molar-refractivity contribution < 1.29 is 4.74 Å². The molecule has 0 amide bonds. The average molecular weight is 288 g/mol. The minimum atomic E-state index is 0.175. The third-order valence-electron chi connectivity index (χ3n) is 2.66. The molecule has 18 heavy (non-hydrogen) atoms. The van der Waals surface area contributed by atoms with Crippen LogP contribution in [0.2, 0.25) is 5.02 Å². The van der Waals surface area contributed by atoms with E-state index in [4.69, 9.17) is 33.7 Å². The predicted octanol–water partition coefficient (Wildman–Crippen LogP) is 4.14. The van der Waals surface area contributed by atoms with Gasteiger partial charge in [-0.2, -0.15) is 0 Å². The largest absolute Gasteiger partial charge is 0.488 e. The van der Waals surface area contributed by atoms with Gasteiger partial charge in [-0.05, 0) is 43.0 Å². The second-order valence-corrected chi connectivity index (χ2v) is 5.01. The summed E-state index contributed by atoms with van der Waals surface area (Å²) in [5, 5.41) is 0.609. The monoisotopic (exact) mass is 287 g/mol. The van der Waals surface area contributed by atoms with Crippen LogP contribution in [0.15, 0.2) is 29.3 Å². The Labute approximate surface area is 119 Å². The quantitative estimate of drug-likeness (QED) is 0.853. The summed E-state index contributed by atoms with van der Waals surface area (Å²) in [6, 6.07) is 5.96. The normalized spacial score (nSPS) is 13.5. The van der Waals surface area contributed by atoms with Crippen molar-refractivity contribution in [2.45, 2.75) is 32.7 Å². The molecule has 0 radical (unpaired) electrons. The number of hydrogen-bond acceptors (Lipinski definition) is 2. The fourth-order valence-electron chi connectivity index (χ4n) is 1.46. The SMILES string of the molecule is CCC(N)Cc1ccc(OC/C(C)=C/Cl)c(Cl)c1. The summed E-state index contributed by atoms with van der Waals surface area (Å²) in [7, 11) is 0. The second kappa shape index (κ2) is 7.67. The Balaban J connectivity index is 2.67. The first-order chi connectivity index (χ1) is 8.56. The Bertz CT molecular complexity index is 418. The molecule has 0 heterocycles. The third kappa shape index (κ3) is 4.89. The molecule has 0 fully saturated rings. The van der Waals surface area contributed by atoms with E-state index in [1.54, 1.807) is 0 Å². The van der Waals surface area contributed by atoms with Gasteiger partial charge in [0.15, 0.2) is 0 Å². The molecule has 0 saturated carbocycles. The number of nitrogens with two attached hydrogens (primary N) is 1. The van der Waals surface area contributed by atoms with E-state index in [1.165, 1.54) is 5.54 Å². The molecule has 1 rings (SSSR count). The third-order valence-corrected chi connectivity index (χ3v) is 3.33. The minimum absolute atomic E-state index is 0.175. The number of hydrogen-bond donors (Lipinski definition) is 1. The highest BCUT2D eigenvalue weighted by atomic mass is 35.5. The van der Waals surface area contributed by atoms with E-state index in [1.807, 2.05) is 25.1 Å². The van der Waals surface area contributed by atoms with Crippen molar-refractivity contribution in [1.29, 1.82) is 0 Å². The Morgan fingerprint density at radius 2 is 2.22 bits per heavy atom. The van der Waals surface area contributed by atoms with E-state index >= 15 is 0 Å². The van der Waals surface area contributed by atoms with E-state index in [2.05, 4.69) is 6.92 Å². The van der Waals surface area contributed by atoms with Gasteiger partial charge in [-0.25, -0.2) is 0 Å². The first kappa shape index (κ1) is 15.4. The van der Waals surface area contributed by atoms with Crippen LogP contribution in [0, 0.1) is 0 Å². The number of rotatable bonds is 6. The van der Waals surface area contributed by atoms with Gasteiger partial charge in [0, 0.05) is 11.6 Å². The van der Waals surface area contributed by atoms with Crippen molar-refractivity contribution in [2.24, 2.45) is 5.73 Å². The van der Waals surface area contributed by atoms with Crippen molar-refractivity contribution in [2.75, 3.05) is 6.61 Å². The standard InChI is InChI=1S/C14H19Cl2NO/c1-3-12(17)6-11-4-5-14(13(16)7-11)18-9-10(2)8-15/h4-5,7-8,12H,3,6,9,17H2,1-2H3/b10-8+. The molecule has 1 aromatic rings. The van der Waals surface area contributed by atoms with E-state index in [0.29, 0.717) is 17.4 Å². The van der Waals surface area contributed by atoms with Gasteiger partial charge < -0.3 is 10.5 Å². The molecule has 4 heteroatoms. The maximum atomic E-state index is 6.16. The summed E-state index contributed by atoms with van der Waals surface area (Å²) in [4.78, 5) is 0. The Morgan fingerprint density at radius 3 is 2.78 bits per heavy atom. The van der Waals surface area contributed by atoms with Crippen molar-refractivity contribution in [1.82, 2.24) is 0 Å². The summed E-state index contributed by atoms with van der Waals surface area (Å²) >= 11 is 11.7. The zero-order valence-electron chi connectivity index (χ0n) is 10.7. The summed E-state index contributed by atoms with van der Waals surface area (Å²) in [5.41, 5.74) is 9.50. The number of benzene rings is 1. The average Bonchev–Trinajstić information content (AvgIpc) is 2.37. The van der Waals surface area contributed by atoms with Crippen LogP contribution in [0.25, 0.3) is 0 Å². The number of halogens is 2. The van der Waals surface area contributed by atoms with Gasteiger partial charge in [0.05, 0.1) is 5.02 Å². The molecule has 2 nitrogen and oxygen atoms in total. The molecule has 2 N–H and O–H groups in total. The van der Waals surface area contributed by atoms with Crippen molar-refractivity contribution in [3.8, 4) is 5.75 Å². The van der Waals surface area contributed by atoms with Crippen molar-refractivity contribution in [3.05, 3.63) is 39.9 Å². The van der Waals surface area contributed by atoms with Gasteiger partial charge in [0.2, 0.25) is 0 Å². The van der Waals surface area contributed by atoms with E-state index in [0.717, 1.165) is 24.0 Å². The smallest absolute Gasteiger partial charge is 0.138 e. The summed E-state index contributed by atoms with van der Waals surface area (Å²) in [5.74, 6) is 0.670. The van der Waals surface area contributed by atoms with Crippen LogP contribution in [0.3, 0.4) is 0 Å². The molecule has 1 unspecified atom stereocenters. The van der Waals surface area contributed by atoms with E-state index in [9.17, 15) is 0 Å². The Kier molecular flexibility index (Phi) is 6.55. The molecule has 100 valence electrons. The predicted molar refractivity (Wildman–Crippen MR) is 78.5 cm³/mol. The molecule has 0 aromatic heterocycles. The van der Waals surface area contributed by atoms with Gasteiger partial charge in [-0.3, -0.25) is 0 Å². The summed E-state index contributed by atoms with van der Waals surface area (Å²) in [6.07, 6.45) is 1.78. The summed E-state index contributed by atoms with van der Waals surface area (Å²) < 4.78 is 5.56. The molecule has 0 aliphatic rings. The molecule has 0 spiro atoms. The van der Waals surface area contributed by atoms with Gasteiger partial charge >= 0.3 is 0 Å². The first-order valence-electron chi connectivity index (χ1n) is 5.99. The lowest BCUT2D eigenvalue weighted by Crippen LogP contribution is -2.21. The lowest BCUT2D eigenvalue weighted by molar-refractivity contribution is 0.352. The van der Waals surface area contributed by atoms with Crippen LogP contribution >= 0.6 is 23.2 Å². The zero-order chi connectivity index (χ0) is 13.5. The molecule has 0 aliphatic carbocycles. The van der Waals surface area contributed by atoms with Crippen molar-refractivity contribution in [3.63, 3.8) is 0 Å². The Hall–Kier alpha value is -0.700. The van der Waals surface area contributed by atoms with Gasteiger partial charge in [-0.15, -0.1) is 0 Å². The maximum absolute atomic E-state index is 6.16. The fourth-order valence-corrected chi connectivity index (χ4v) is 1.78. The molecular weight excluding hydrogens is 269 g/mol. The molecule has 0 bridgehead atoms. The molecule has 1 aromatic carbocycles. The minimum Gasteiger partial charge on any atom is -0.488 e. The molecule has 0 aliphatic heterocycles. The van der Waals surface area contributed by atoms with Crippen LogP contribution in [0.1, 0.15) is 25.8 Å². The van der Waals surface area contributed by atoms with Crippen LogP contribution in [0.5, 0.6) is 5.75 Å². The second-order valence-electron chi connectivity index (χ2n) is 4.38. The zero-order valence-corrected chi connectivity index (χ0v) is 12.3. The highest BCUT2D eigenvalue weighted by molar-refractivity contribution is 6.32. The molecular formula is C14H19Cl2NO. The highest BCUT2D eigenvalue weighted by Gasteiger charge is 2.06. The van der Waals surface area contributed by atoms with E-state index in [-0.39, 0.29) is 6.04 Å².